The monoisotopic (exact) mass is 144 g/mol. The molecule has 1 rings (SSSR count). The molecule has 0 spiro atoms. The summed E-state index contributed by atoms with van der Waals surface area (Å²) in [5, 5.41) is 3.98. The van der Waals surface area contributed by atoms with Crippen LogP contribution in [-0.2, 0) is 6.54 Å². The Morgan fingerprint density at radius 2 is 2.44 bits per heavy atom. The molecule has 0 unspecified atom stereocenters. The van der Waals surface area contributed by atoms with Crippen molar-refractivity contribution in [3.8, 4) is 0 Å². The molecule has 0 fully saturated rings. The fourth-order valence-corrected chi connectivity index (χ4v) is 0.990. The van der Waals surface area contributed by atoms with E-state index >= 15 is 0 Å². The highest BCUT2D eigenvalue weighted by Gasteiger charge is 2.06. The lowest BCUT2D eigenvalue weighted by Gasteiger charge is -1.89. The van der Waals surface area contributed by atoms with E-state index in [0.717, 1.165) is 6.54 Å². The van der Waals surface area contributed by atoms with Crippen molar-refractivity contribution in [2.75, 3.05) is 0 Å². The zero-order valence-electron chi connectivity index (χ0n) is 5.61. The van der Waals surface area contributed by atoms with Gasteiger partial charge >= 0.3 is 0 Å². The van der Waals surface area contributed by atoms with Crippen molar-refractivity contribution in [3.05, 3.63) is 5.51 Å². The van der Waals surface area contributed by atoms with E-state index in [1.54, 1.807) is 10.3 Å². The average Bonchev–Trinajstić information content (AvgIpc) is 2.15. The van der Waals surface area contributed by atoms with Gasteiger partial charge < -0.3 is 0 Å². The molecule has 0 aliphatic carbocycles. The molecule has 0 aliphatic rings. The summed E-state index contributed by atoms with van der Waals surface area (Å²) in [5.74, 6) is 0.629. The van der Waals surface area contributed by atoms with Gasteiger partial charge in [-0.15, -0.1) is 0 Å². The first-order valence-electron chi connectivity index (χ1n) is 2.96. The summed E-state index contributed by atoms with van der Waals surface area (Å²) in [6.45, 7) is 5.21. The maximum absolute atomic E-state index is 4.00. The molecule has 1 aromatic rings. The SMILES string of the molecule is CC(C)C[n+]1ncsn1. The summed E-state index contributed by atoms with van der Waals surface area (Å²) in [5.41, 5.74) is 1.74. The molecule has 3 nitrogen and oxygen atoms in total. The van der Waals surface area contributed by atoms with E-state index in [-0.39, 0.29) is 0 Å². The Kier molecular flexibility index (Phi) is 2.10. The van der Waals surface area contributed by atoms with Crippen molar-refractivity contribution in [2.24, 2.45) is 5.92 Å². The van der Waals surface area contributed by atoms with Gasteiger partial charge in [-0.05, 0) is 0 Å². The Labute approximate surface area is 58.5 Å². The van der Waals surface area contributed by atoms with Crippen LogP contribution in [0.2, 0.25) is 0 Å². The molecule has 0 N–H and O–H groups in total. The van der Waals surface area contributed by atoms with Crippen molar-refractivity contribution in [1.82, 2.24) is 9.59 Å². The summed E-state index contributed by atoms with van der Waals surface area (Å²) in [6, 6.07) is 0. The van der Waals surface area contributed by atoms with Gasteiger partial charge in [-0.2, -0.15) is 0 Å². The van der Waals surface area contributed by atoms with Crippen LogP contribution < -0.4 is 4.80 Å². The topological polar surface area (TPSA) is 29.7 Å². The number of aromatic nitrogens is 3. The van der Waals surface area contributed by atoms with Gasteiger partial charge in [-0.3, -0.25) is 0 Å². The fraction of sp³-hybridized carbons (Fsp3) is 0.800. The Morgan fingerprint density at radius 3 is 2.89 bits per heavy atom. The normalized spacial score (nSPS) is 10.6. The fourth-order valence-electron chi connectivity index (χ4n) is 0.579. The molecule has 0 aliphatic heterocycles. The van der Waals surface area contributed by atoms with E-state index in [9.17, 15) is 0 Å². The zero-order chi connectivity index (χ0) is 6.69. The average molecular weight is 144 g/mol. The zero-order valence-corrected chi connectivity index (χ0v) is 6.43. The maximum Gasteiger partial charge on any atom is 0.206 e. The van der Waals surface area contributed by atoms with Crippen LogP contribution in [0.25, 0.3) is 0 Å². The third-order valence-corrected chi connectivity index (χ3v) is 1.37. The Bertz CT molecular complexity index is 159. The standard InChI is InChI=1S/C5H10N3S/c1-5(2)3-8-6-4-9-7-8/h4-5H,3H2,1-2H3/q+1. The van der Waals surface area contributed by atoms with Crippen LogP contribution in [0, 0.1) is 5.92 Å². The van der Waals surface area contributed by atoms with Crippen LogP contribution in [-0.4, -0.2) is 9.59 Å². The van der Waals surface area contributed by atoms with E-state index in [1.165, 1.54) is 11.5 Å². The number of nitrogens with zero attached hydrogens (tertiary/aromatic N) is 3. The first-order chi connectivity index (χ1) is 4.29. The van der Waals surface area contributed by atoms with Crippen molar-refractivity contribution >= 4 is 11.5 Å². The lowest BCUT2D eigenvalue weighted by Crippen LogP contribution is -2.40. The smallest absolute Gasteiger partial charge is 0.0565 e. The van der Waals surface area contributed by atoms with Crippen molar-refractivity contribution in [2.45, 2.75) is 20.4 Å². The lowest BCUT2D eigenvalue weighted by molar-refractivity contribution is -0.803. The predicted octanol–water partition coefficient (Wildman–Crippen LogP) is 0.482. The van der Waals surface area contributed by atoms with Gasteiger partial charge in [-0.25, -0.2) is 0 Å². The summed E-state index contributed by atoms with van der Waals surface area (Å²) in [7, 11) is 0. The van der Waals surface area contributed by atoms with Crippen LogP contribution in [0.5, 0.6) is 0 Å². The van der Waals surface area contributed by atoms with E-state index in [0.29, 0.717) is 5.92 Å². The molecule has 1 heterocycles. The van der Waals surface area contributed by atoms with E-state index < -0.39 is 0 Å². The van der Waals surface area contributed by atoms with Crippen LogP contribution in [0.4, 0.5) is 0 Å². The molecule has 0 aromatic carbocycles. The molecular weight excluding hydrogens is 134 g/mol. The van der Waals surface area contributed by atoms with Crippen LogP contribution in [0.15, 0.2) is 5.51 Å². The largest absolute Gasteiger partial charge is 0.206 e. The summed E-state index contributed by atoms with van der Waals surface area (Å²) < 4.78 is 4.00. The first-order valence-corrected chi connectivity index (χ1v) is 3.79. The van der Waals surface area contributed by atoms with Crippen LogP contribution in [0.1, 0.15) is 13.8 Å². The Hall–Kier alpha value is -0.510. The second-order valence-electron chi connectivity index (χ2n) is 2.36. The highest BCUT2D eigenvalue weighted by atomic mass is 32.1. The molecule has 0 amide bonds. The van der Waals surface area contributed by atoms with Crippen molar-refractivity contribution < 1.29 is 4.80 Å². The van der Waals surface area contributed by atoms with Gasteiger partial charge in [0, 0.05) is 15.8 Å². The molecule has 0 saturated carbocycles. The third-order valence-electron chi connectivity index (χ3n) is 0.897. The molecule has 0 atom stereocenters. The van der Waals surface area contributed by atoms with Gasteiger partial charge in [0.25, 0.3) is 0 Å². The second-order valence-corrected chi connectivity index (χ2v) is 2.94. The lowest BCUT2D eigenvalue weighted by atomic mass is 10.2. The van der Waals surface area contributed by atoms with Gasteiger partial charge in [0.15, 0.2) is 5.51 Å². The minimum Gasteiger partial charge on any atom is -0.0565 e. The maximum atomic E-state index is 4.00. The summed E-state index contributed by atoms with van der Waals surface area (Å²) in [6.07, 6.45) is 0. The van der Waals surface area contributed by atoms with Gasteiger partial charge in [-0.1, -0.05) is 13.8 Å². The molecule has 0 bridgehead atoms. The van der Waals surface area contributed by atoms with E-state index in [4.69, 9.17) is 0 Å². The highest BCUT2D eigenvalue weighted by Crippen LogP contribution is 1.88. The summed E-state index contributed by atoms with van der Waals surface area (Å²) in [4.78, 5) is 1.72. The molecule has 0 saturated heterocycles. The van der Waals surface area contributed by atoms with E-state index in [2.05, 4.69) is 23.4 Å². The highest BCUT2D eigenvalue weighted by molar-refractivity contribution is 7.02. The van der Waals surface area contributed by atoms with Gasteiger partial charge in [0.1, 0.15) is 0 Å². The number of hydrogen-bond donors (Lipinski definition) is 0. The minimum absolute atomic E-state index is 0.629. The Balaban J connectivity index is 2.48. The minimum atomic E-state index is 0.629. The second kappa shape index (κ2) is 2.87. The van der Waals surface area contributed by atoms with Crippen molar-refractivity contribution in [3.63, 3.8) is 0 Å². The molecular formula is C5H10N3S+. The molecule has 1 aromatic heterocycles. The molecule has 0 radical (unpaired) electrons. The van der Waals surface area contributed by atoms with Crippen LogP contribution >= 0.6 is 11.5 Å². The number of hydrogen-bond acceptors (Lipinski definition) is 3. The van der Waals surface area contributed by atoms with Gasteiger partial charge in [0.2, 0.25) is 6.54 Å². The molecule has 9 heavy (non-hydrogen) atoms. The van der Waals surface area contributed by atoms with E-state index in [1.807, 2.05) is 0 Å². The van der Waals surface area contributed by atoms with Crippen LogP contribution in [0.3, 0.4) is 0 Å². The van der Waals surface area contributed by atoms with Gasteiger partial charge in [0.05, 0.1) is 16.0 Å². The quantitative estimate of drug-likeness (QED) is 0.565. The predicted molar refractivity (Wildman–Crippen MR) is 34.9 cm³/mol. The first kappa shape index (κ1) is 6.61. The molecule has 4 heteroatoms. The third kappa shape index (κ3) is 2.05. The number of rotatable bonds is 2. The Morgan fingerprint density at radius 1 is 1.67 bits per heavy atom. The molecule has 50 valence electrons. The summed E-state index contributed by atoms with van der Waals surface area (Å²) >= 11 is 1.38. The van der Waals surface area contributed by atoms with Crippen molar-refractivity contribution in [1.29, 1.82) is 0 Å².